The van der Waals surface area contributed by atoms with Crippen molar-refractivity contribution in [2.75, 3.05) is 0 Å². The van der Waals surface area contributed by atoms with Gasteiger partial charge < -0.3 is 0 Å². The molecule has 0 aromatic heterocycles. The molecule has 2 aromatic rings. The maximum Gasteiger partial charge on any atom is 0.0249 e. The Balaban J connectivity index is 1.93. The second kappa shape index (κ2) is 10.4. The quantitative estimate of drug-likeness (QED) is 0.471. The fourth-order valence-corrected chi connectivity index (χ4v) is 2.48. The van der Waals surface area contributed by atoms with Crippen molar-refractivity contribution in [1.29, 1.82) is 0 Å². The van der Waals surface area contributed by atoms with E-state index in [1.54, 1.807) is 0 Å². The normalized spacial score (nSPS) is 9.58. The molecule has 2 aromatic carbocycles. The fourth-order valence-electron chi connectivity index (χ4n) is 2.48. The monoisotopic (exact) mass is 314 g/mol. The van der Waals surface area contributed by atoms with E-state index in [1.807, 2.05) is 24.3 Å². The number of benzene rings is 2. The molecule has 24 heavy (non-hydrogen) atoms. The lowest BCUT2D eigenvalue weighted by Crippen LogP contribution is -1.86. The van der Waals surface area contributed by atoms with E-state index in [9.17, 15) is 0 Å². The predicted molar refractivity (Wildman–Crippen MR) is 104 cm³/mol. The summed E-state index contributed by atoms with van der Waals surface area (Å²) in [6, 6.07) is 16.8. The Bertz CT molecular complexity index is 725. The molecule has 0 heterocycles. The van der Waals surface area contributed by atoms with E-state index in [0.29, 0.717) is 0 Å². The average molecular weight is 314 g/mol. The minimum Gasteiger partial charge on any atom is -0.0982 e. The molecule has 0 amide bonds. The van der Waals surface area contributed by atoms with Crippen LogP contribution in [-0.2, 0) is 6.42 Å². The van der Waals surface area contributed by atoms with Crippen molar-refractivity contribution in [3.05, 3.63) is 70.8 Å². The van der Waals surface area contributed by atoms with Crippen LogP contribution in [0.5, 0.6) is 0 Å². The molecule has 0 aliphatic heterocycles. The topological polar surface area (TPSA) is 0 Å². The SMILES string of the molecule is CCC#Cc1ccc(C#Cc2ccc(CCCCCC)cc2)cc1. The van der Waals surface area contributed by atoms with E-state index in [-0.39, 0.29) is 0 Å². The second-order valence-corrected chi connectivity index (χ2v) is 5.99. The maximum absolute atomic E-state index is 3.24. The molecular weight excluding hydrogens is 288 g/mol. The summed E-state index contributed by atoms with van der Waals surface area (Å²) in [4.78, 5) is 0. The van der Waals surface area contributed by atoms with Crippen LogP contribution >= 0.6 is 0 Å². The van der Waals surface area contributed by atoms with Crippen LogP contribution in [-0.4, -0.2) is 0 Å². The van der Waals surface area contributed by atoms with E-state index in [1.165, 1.54) is 37.7 Å². The van der Waals surface area contributed by atoms with Crippen LogP contribution in [0, 0.1) is 23.7 Å². The van der Waals surface area contributed by atoms with Gasteiger partial charge in [0.1, 0.15) is 0 Å². The minimum atomic E-state index is 0.885. The summed E-state index contributed by atoms with van der Waals surface area (Å²) >= 11 is 0. The van der Waals surface area contributed by atoms with E-state index in [4.69, 9.17) is 0 Å². The molecular formula is C24H26. The maximum atomic E-state index is 3.24. The highest BCUT2D eigenvalue weighted by Gasteiger charge is 1.94. The first-order chi connectivity index (χ1) is 11.8. The molecule has 122 valence electrons. The predicted octanol–water partition coefficient (Wildman–Crippen LogP) is 5.97. The first-order valence-corrected chi connectivity index (χ1v) is 9.01. The third kappa shape index (κ3) is 6.36. The molecule has 0 nitrogen and oxygen atoms in total. The lowest BCUT2D eigenvalue weighted by molar-refractivity contribution is 0.667. The second-order valence-electron chi connectivity index (χ2n) is 5.99. The highest BCUT2D eigenvalue weighted by molar-refractivity contribution is 5.46. The lowest BCUT2D eigenvalue weighted by Gasteiger charge is -2.01. The van der Waals surface area contributed by atoms with E-state index in [0.717, 1.165) is 23.1 Å². The van der Waals surface area contributed by atoms with Crippen molar-refractivity contribution in [2.45, 2.75) is 52.4 Å². The van der Waals surface area contributed by atoms with Crippen LogP contribution < -0.4 is 0 Å². The van der Waals surface area contributed by atoms with Crippen LogP contribution in [0.25, 0.3) is 0 Å². The van der Waals surface area contributed by atoms with Gasteiger partial charge in [-0.1, -0.05) is 68.9 Å². The molecule has 0 atom stereocenters. The summed E-state index contributed by atoms with van der Waals surface area (Å²) < 4.78 is 0. The zero-order valence-corrected chi connectivity index (χ0v) is 14.9. The first-order valence-electron chi connectivity index (χ1n) is 9.01. The van der Waals surface area contributed by atoms with Gasteiger partial charge in [-0.2, -0.15) is 0 Å². The summed E-state index contributed by atoms with van der Waals surface area (Å²) in [7, 11) is 0. The third-order valence-electron chi connectivity index (χ3n) is 3.92. The average Bonchev–Trinajstić information content (AvgIpc) is 2.64. The minimum absolute atomic E-state index is 0.885. The number of hydrogen-bond acceptors (Lipinski definition) is 0. The molecule has 0 fully saturated rings. The first kappa shape index (κ1) is 17.9. The number of unbranched alkanes of at least 4 members (excludes halogenated alkanes) is 3. The third-order valence-corrected chi connectivity index (χ3v) is 3.92. The van der Waals surface area contributed by atoms with Crippen molar-refractivity contribution in [1.82, 2.24) is 0 Å². The van der Waals surface area contributed by atoms with Gasteiger partial charge in [0.2, 0.25) is 0 Å². The summed E-state index contributed by atoms with van der Waals surface area (Å²) in [5.41, 5.74) is 4.56. The Morgan fingerprint density at radius 2 is 1.17 bits per heavy atom. The van der Waals surface area contributed by atoms with Crippen LogP contribution in [0.3, 0.4) is 0 Å². The van der Waals surface area contributed by atoms with E-state index >= 15 is 0 Å². The zero-order chi connectivity index (χ0) is 17.0. The molecule has 0 bridgehead atoms. The van der Waals surface area contributed by atoms with Gasteiger partial charge in [-0.3, -0.25) is 0 Å². The van der Waals surface area contributed by atoms with Crippen LogP contribution in [0.15, 0.2) is 48.5 Å². The molecule has 0 saturated carbocycles. The number of hydrogen-bond donors (Lipinski definition) is 0. The van der Waals surface area contributed by atoms with Gasteiger partial charge in [0.25, 0.3) is 0 Å². The number of aryl methyl sites for hydroxylation is 1. The summed E-state index contributed by atoms with van der Waals surface area (Å²) in [6.45, 7) is 4.31. The van der Waals surface area contributed by atoms with Crippen molar-refractivity contribution in [3.8, 4) is 23.7 Å². The summed E-state index contributed by atoms with van der Waals surface area (Å²) in [5.74, 6) is 12.7. The van der Waals surface area contributed by atoms with Crippen molar-refractivity contribution in [2.24, 2.45) is 0 Å². The molecule has 0 radical (unpaired) electrons. The standard InChI is InChI=1S/C24H26/c1-3-5-7-8-10-22-13-17-24(18-14-22)20-19-23-15-11-21(12-16-23)9-6-4-2/h11-18H,3-5,7-8,10H2,1-2H3. The molecule has 0 saturated heterocycles. The largest absolute Gasteiger partial charge is 0.0982 e. The Kier molecular flexibility index (Phi) is 7.73. The zero-order valence-electron chi connectivity index (χ0n) is 14.9. The Morgan fingerprint density at radius 1 is 0.625 bits per heavy atom. The Labute approximate surface area is 147 Å². The highest BCUT2D eigenvalue weighted by atomic mass is 14.0. The van der Waals surface area contributed by atoms with Crippen molar-refractivity contribution < 1.29 is 0 Å². The Hall–Kier alpha value is -2.44. The molecule has 2 rings (SSSR count). The summed E-state index contributed by atoms with van der Waals surface area (Å²) in [6.07, 6.45) is 7.31. The van der Waals surface area contributed by atoms with Gasteiger partial charge in [0, 0.05) is 23.1 Å². The molecule has 0 aliphatic carbocycles. The van der Waals surface area contributed by atoms with E-state index in [2.05, 4.69) is 61.8 Å². The van der Waals surface area contributed by atoms with Crippen molar-refractivity contribution >= 4 is 0 Å². The van der Waals surface area contributed by atoms with E-state index < -0.39 is 0 Å². The smallest absolute Gasteiger partial charge is 0.0249 e. The molecule has 0 unspecified atom stereocenters. The molecule has 0 heteroatoms. The van der Waals surface area contributed by atoms with Gasteiger partial charge in [-0.15, -0.1) is 0 Å². The van der Waals surface area contributed by atoms with Crippen molar-refractivity contribution in [3.63, 3.8) is 0 Å². The van der Waals surface area contributed by atoms with Gasteiger partial charge in [-0.05, 0) is 54.8 Å². The summed E-state index contributed by atoms with van der Waals surface area (Å²) in [5, 5.41) is 0. The molecule has 0 spiro atoms. The van der Waals surface area contributed by atoms with Crippen LogP contribution in [0.2, 0.25) is 0 Å². The molecule has 0 N–H and O–H groups in total. The van der Waals surface area contributed by atoms with Gasteiger partial charge in [0.05, 0.1) is 0 Å². The van der Waals surface area contributed by atoms with Crippen LogP contribution in [0.1, 0.15) is 68.2 Å². The lowest BCUT2D eigenvalue weighted by atomic mass is 10.0. The fraction of sp³-hybridized carbons (Fsp3) is 0.333. The van der Waals surface area contributed by atoms with Gasteiger partial charge in [0.15, 0.2) is 0 Å². The van der Waals surface area contributed by atoms with Gasteiger partial charge in [-0.25, -0.2) is 0 Å². The number of rotatable bonds is 5. The highest BCUT2D eigenvalue weighted by Crippen LogP contribution is 2.09. The van der Waals surface area contributed by atoms with Gasteiger partial charge >= 0.3 is 0 Å². The molecule has 0 aliphatic rings. The Morgan fingerprint density at radius 3 is 1.71 bits per heavy atom. The van der Waals surface area contributed by atoms with Crippen LogP contribution in [0.4, 0.5) is 0 Å².